The molecule has 0 radical (unpaired) electrons. The minimum Gasteiger partial charge on any atom is -0.488 e. The maximum Gasteiger partial charge on any atom is 0.215 e. The largest absolute Gasteiger partial charge is 0.488 e. The van der Waals surface area contributed by atoms with E-state index in [0.717, 1.165) is 46.4 Å². The molecule has 2 aromatic heterocycles. The van der Waals surface area contributed by atoms with Gasteiger partial charge in [-0.2, -0.15) is 14.6 Å². The Bertz CT molecular complexity index is 1560. The molecule has 2 aliphatic rings. The van der Waals surface area contributed by atoms with Crippen LogP contribution in [0.1, 0.15) is 60.2 Å². The number of halogens is 2. The first kappa shape index (κ1) is 21.5. The van der Waals surface area contributed by atoms with Crippen LogP contribution in [0.4, 0.5) is 8.78 Å². The van der Waals surface area contributed by atoms with E-state index < -0.39 is 5.95 Å². The molecule has 2 aromatic carbocycles. The Balaban J connectivity index is 1.44. The molecule has 0 N–H and O–H groups in total. The zero-order valence-corrected chi connectivity index (χ0v) is 19.2. The van der Waals surface area contributed by atoms with Gasteiger partial charge in [0, 0.05) is 35.2 Å². The number of rotatable bonds is 3. The number of fused-ring (bicyclic) bond motifs is 3. The van der Waals surface area contributed by atoms with Gasteiger partial charge < -0.3 is 9.30 Å². The van der Waals surface area contributed by atoms with E-state index in [2.05, 4.69) is 26.7 Å². The van der Waals surface area contributed by atoms with Gasteiger partial charge in [0.1, 0.15) is 24.0 Å². The number of nitrogens with zero attached hydrogens (tertiary/aromatic N) is 4. The average molecular weight is 469 g/mol. The molecule has 1 fully saturated rings. The van der Waals surface area contributed by atoms with Gasteiger partial charge in [-0.3, -0.25) is 0 Å². The van der Waals surface area contributed by atoms with Gasteiger partial charge in [0.25, 0.3) is 0 Å². The number of ether oxygens (including phenoxy) is 1. The quantitative estimate of drug-likeness (QED) is 0.263. The van der Waals surface area contributed by atoms with Crippen molar-refractivity contribution in [3.63, 3.8) is 0 Å². The summed E-state index contributed by atoms with van der Waals surface area (Å²) in [7, 11) is 0. The lowest BCUT2D eigenvalue weighted by Gasteiger charge is -2.25. The summed E-state index contributed by atoms with van der Waals surface area (Å²) in [5.41, 5.74) is 6.09. The lowest BCUT2D eigenvalue weighted by atomic mass is 9.84. The summed E-state index contributed by atoms with van der Waals surface area (Å²) < 4.78 is 35.8. The molecule has 4 aromatic rings. The fraction of sp³-hybridized carbons (Fsp3) is 0.250. The molecule has 35 heavy (non-hydrogen) atoms. The number of imidazole rings is 1. The molecule has 3 heterocycles. The van der Waals surface area contributed by atoms with Gasteiger partial charge in [0.05, 0.1) is 11.6 Å². The number of allylic oxidation sites excluding steroid dienone is 1. The monoisotopic (exact) mass is 468 g/mol. The number of nitriles is 1. The highest BCUT2D eigenvalue weighted by molar-refractivity contribution is 5.88. The van der Waals surface area contributed by atoms with Gasteiger partial charge in [-0.1, -0.05) is 18.6 Å². The van der Waals surface area contributed by atoms with E-state index in [1.54, 1.807) is 19.1 Å². The molecule has 174 valence electrons. The summed E-state index contributed by atoms with van der Waals surface area (Å²) in [6.07, 6.45) is 3.31. The van der Waals surface area contributed by atoms with E-state index in [0.29, 0.717) is 35.0 Å². The van der Waals surface area contributed by atoms with Crippen LogP contribution in [0.2, 0.25) is 0 Å². The number of pyridine rings is 1. The molecule has 0 amide bonds. The van der Waals surface area contributed by atoms with E-state index >= 15 is 0 Å². The highest BCUT2D eigenvalue weighted by Crippen LogP contribution is 2.40. The molecule has 1 saturated carbocycles. The van der Waals surface area contributed by atoms with Crippen LogP contribution in [0, 0.1) is 23.1 Å². The van der Waals surface area contributed by atoms with E-state index in [9.17, 15) is 14.0 Å². The van der Waals surface area contributed by atoms with Crippen molar-refractivity contribution < 1.29 is 13.5 Å². The standard InChI is InChI=1S/C28H22F2N4O/c1-16(13-31)26-21-7-5-17(11-19(21)15-35-24-12-20(29)6-8-22(24)26)14-34-23-9-10-25(30)32-27(23)33-28(34)18-3-2-4-18/h5-12,18H,2-4,14-15H2,1H3. The Hall–Kier alpha value is -4.05. The zero-order chi connectivity index (χ0) is 24.1. The number of hydrogen-bond acceptors (Lipinski definition) is 4. The predicted molar refractivity (Wildman–Crippen MR) is 128 cm³/mol. The molecule has 0 atom stereocenters. The number of aromatic nitrogens is 3. The first-order chi connectivity index (χ1) is 17.0. The Morgan fingerprint density at radius 2 is 1.91 bits per heavy atom. The first-order valence-corrected chi connectivity index (χ1v) is 11.7. The van der Waals surface area contributed by atoms with Crippen molar-refractivity contribution in [3.8, 4) is 11.8 Å². The van der Waals surface area contributed by atoms with Crippen LogP contribution in [-0.2, 0) is 13.2 Å². The van der Waals surface area contributed by atoms with Crippen LogP contribution < -0.4 is 4.74 Å². The highest BCUT2D eigenvalue weighted by Gasteiger charge is 2.27. The Kier molecular flexibility index (Phi) is 5.10. The summed E-state index contributed by atoms with van der Waals surface area (Å²) in [5.74, 6) is 0.805. The SMILES string of the molecule is CC(C#N)=C1c2ccc(Cn3c(C4CCC4)nc4nc(F)ccc43)cc2COc2cc(F)ccc21. The molecule has 6 rings (SSSR count). The fourth-order valence-electron chi connectivity index (χ4n) is 5.02. The Morgan fingerprint density at radius 1 is 1.09 bits per heavy atom. The van der Waals surface area contributed by atoms with Crippen LogP contribution in [0.3, 0.4) is 0 Å². The molecule has 0 unspecified atom stereocenters. The third kappa shape index (κ3) is 3.66. The molecule has 1 aliphatic carbocycles. The fourth-order valence-corrected chi connectivity index (χ4v) is 5.02. The van der Waals surface area contributed by atoms with Crippen molar-refractivity contribution in [1.82, 2.24) is 14.5 Å². The molecular formula is C28H22F2N4O. The summed E-state index contributed by atoms with van der Waals surface area (Å²) in [6, 6.07) is 15.9. The van der Waals surface area contributed by atoms with Crippen LogP contribution in [0.25, 0.3) is 16.7 Å². The predicted octanol–water partition coefficient (Wildman–Crippen LogP) is 6.26. The van der Waals surface area contributed by atoms with Gasteiger partial charge in [0.15, 0.2) is 5.65 Å². The first-order valence-electron chi connectivity index (χ1n) is 11.7. The third-order valence-corrected chi connectivity index (χ3v) is 7.00. The normalized spacial score (nSPS) is 16.5. The molecular weight excluding hydrogens is 446 g/mol. The molecule has 0 saturated heterocycles. The van der Waals surface area contributed by atoms with E-state index in [-0.39, 0.29) is 12.4 Å². The van der Waals surface area contributed by atoms with Crippen molar-refractivity contribution in [1.29, 1.82) is 5.26 Å². The maximum absolute atomic E-state index is 13.9. The van der Waals surface area contributed by atoms with Crippen LogP contribution in [0.15, 0.2) is 54.1 Å². The number of hydrogen-bond donors (Lipinski definition) is 0. The van der Waals surface area contributed by atoms with Gasteiger partial charge in [-0.05, 0) is 66.8 Å². The topological polar surface area (TPSA) is 63.7 Å². The lowest BCUT2D eigenvalue weighted by Crippen LogP contribution is -2.16. The van der Waals surface area contributed by atoms with Crippen molar-refractivity contribution in [2.45, 2.75) is 45.3 Å². The van der Waals surface area contributed by atoms with Gasteiger partial charge in [-0.25, -0.2) is 9.37 Å². The lowest BCUT2D eigenvalue weighted by molar-refractivity contribution is 0.305. The van der Waals surface area contributed by atoms with Crippen molar-refractivity contribution >= 4 is 16.7 Å². The van der Waals surface area contributed by atoms with Crippen LogP contribution in [-0.4, -0.2) is 14.5 Å². The summed E-state index contributed by atoms with van der Waals surface area (Å²) in [5, 5.41) is 9.68. The zero-order valence-electron chi connectivity index (χ0n) is 19.2. The van der Waals surface area contributed by atoms with E-state index in [1.807, 2.05) is 12.1 Å². The second-order valence-corrected chi connectivity index (χ2v) is 9.19. The summed E-state index contributed by atoms with van der Waals surface area (Å²) in [6.45, 7) is 2.58. The summed E-state index contributed by atoms with van der Waals surface area (Å²) in [4.78, 5) is 8.69. The second kappa shape index (κ2) is 8.31. The van der Waals surface area contributed by atoms with E-state index in [4.69, 9.17) is 4.74 Å². The smallest absolute Gasteiger partial charge is 0.215 e. The molecule has 7 heteroatoms. The number of benzene rings is 2. The van der Waals surface area contributed by atoms with Crippen molar-refractivity contribution in [3.05, 3.63) is 93.9 Å². The minimum absolute atomic E-state index is 0.259. The van der Waals surface area contributed by atoms with Crippen molar-refractivity contribution in [2.24, 2.45) is 0 Å². The second-order valence-electron chi connectivity index (χ2n) is 9.19. The Morgan fingerprint density at radius 3 is 2.69 bits per heavy atom. The average Bonchev–Trinajstić information content (AvgIpc) is 3.05. The van der Waals surface area contributed by atoms with Crippen LogP contribution >= 0.6 is 0 Å². The minimum atomic E-state index is -0.535. The summed E-state index contributed by atoms with van der Waals surface area (Å²) >= 11 is 0. The van der Waals surface area contributed by atoms with Crippen LogP contribution in [0.5, 0.6) is 5.75 Å². The van der Waals surface area contributed by atoms with E-state index in [1.165, 1.54) is 24.6 Å². The highest BCUT2D eigenvalue weighted by atomic mass is 19.1. The molecule has 0 bridgehead atoms. The maximum atomic E-state index is 13.9. The molecule has 1 aliphatic heterocycles. The van der Waals surface area contributed by atoms with Crippen molar-refractivity contribution in [2.75, 3.05) is 0 Å². The van der Waals surface area contributed by atoms with Gasteiger partial charge >= 0.3 is 0 Å². The molecule has 5 nitrogen and oxygen atoms in total. The third-order valence-electron chi connectivity index (χ3n) is 7.00. The van der Waals surface area contributed by atoms with Gasteiger partial charge in [0.2, 0.25) is 5.95 Å². The van der Waals surface area contributed by atoms with Gasteiger partial charge in [-0.15, -0.1) is 0 Å². The Labute approximate surface area is 201 Å². The molecule has 0 spiro atoms.